The first-order chi connectivity index (χ1) is 9.19. The molecule has 0 heterocycles. The van der Waals surface area contributed by atoms with Gasteiger partial charge in [-0.15, -0.1) is 0 Å². The molecule has 0 saturated heterocycles. The highest BCUT2D eigenvalue weighted by Gasteiger charge is 2.90. The molecule has 0 amide bonds. The van der Waals surface area contributed by atoms with Crippen LogP contribution < -0.4 is 0 Å². The summed E-state index contributed by atoms with van der Waals surface area (Å²) in [7, 11) is -6.92. The smallest absolute Gasteiger partial charge is 0.264 e. The average Bonchev–Trinajstić information content (AvgIpc) is 2.66. The Hall–Kier alpha value is -0.180. The van der Waals surface area contributed by atoms with E-state index >= 15 is 0 Å². The Kier molecular flexibility index (Phi) is 1.93. The minimum absolute atomic E-state index is 0.187. The molecule has 0 aliphatic heterocycles. The van der Waals surface area contributed by atoms with E-state index in [0.29, 0.717) is 35.5 Å². The summed E-state index contributed by atoms with van der Waals surface area (Å²) in [6, 6.07) is 0. The van der Waals surface area contributed by atoms with Crippen molar-refractivity contribution in [2.24, 2.45) is 47.3 Å². The van der Waals surface area contributed by atoms with Gasteiger partial charge in [0, 0.05) is 0 Å². The molecular weight excluding hydrogens is 304 g/mol. The van der Waals surface area contributed by atoms with E-state index < -0.39 is 20.2 Å². The Morgan fingerprint density at radius 3 is 1.10 bits per heavy atom. The van der Waals surface area contributed by atoms with Crippen molar-refractivity contribution in [2.75, 3.05) is 12.5 Å². The molecule has 6 aliphatic rings. The molecule has 0 aromatic rings. The SMILES string of the molecule is CS(=O)(=O)O[C@H]1[C@@H]2[C@H]3[C@@H]4[C@H](OS(C)(=O)=O)[C@H]5[C@@H]([C@@H]14)[C@H]2[C@@H]53. The molecule has 6 fully saturated rings. The highest BCUT2D eigenvalue weighted by molar-refractivity contribution is 7.86. The van der Waals surface area contributed by atoms with Gasteiger partial charge in [-0.3, -0.25) is 8.37 Å². The van der Waals surface area contributed by atoms with E-state index in [1.54, 1.807) is 0 Å². The maximum atomic E-state index is 11.4. The van der Waals surface area contributed by atoms with Crippen molar-refractivity contribution in [3.8, 4) is 0 Å². The lowest BCUT2D eigenvalue weighted by Crippen LogP contribution is -2.61. The molecule has 0 unspecified atom stereocenters. The second kappa shape index (κ2) is 3.11. The van der Waals surface area contributed by atoms with Gasteiger partial charge in [0.05, 0.1) is 24.7 Å². The summed E-state index contributed by atoms with van der Waals surface area (Å²) < 4.78 is 56.4. The van der Waals surface area contributed by atoms with Crippen molar-refractivity contribution in [3.05, 3.63) is 0 Å². The lowest BCUT2D eigenvalue weighted by Gasteiger charge is -2.63. The van der Waals surface area contributed by atoms with Crippen LogP contribution in [0.15, 0.2) is 0 Å². The van der Waals surface area contributed by atoms with Crippen LogP contribution in [0.2, 0.25) is 0 Å². The minimum Gasteiger partial charge on any atom is -0.266 e. The Bertz CT molecular complexity index is 650. The van der Waals surface area contributed by atoms with E-state index in [2.05, 4.69) is 0 Å². The third-order valence-electron chi connectivity index (χ3n) is 6.53. The van der Waals surface area contributed by atoms with Crippen molar-refractivity contribution in [1.82, 2.24) is 0 Å². The minimum atomic E-state index is -3.46. The number of rotatable bonds is 4. The summed E-state index contributed by atoms with van der Waals surface area (Å²) in [5, 5.41) is 0. The van der Waals surface area contributed by atoms with Crippen LogP contribution in [0.4, 0.5) is 0 Å². The van der Waals surface area contributed by atoms with Crippen molar-refractivity contribution in [1.29, 1.82) is 0 Å². The Morgan fingerprint density at radius 2 is 0.800 bits per heavy atom. The van der Waals surface area contributed by atoms with E-state index in [1.807, 2.05) is 0 Å². The fourth-order valence-corrected chi connectivity index (χ4v) is 8.06. The molecule has 10 atom stereocenters. The van der Waals surface area contributed by atoms with Crippen LogP contribution in [-0.2, 0) is 28.6 Å². The highest BCUT2D eigenvalue weighted by atomic mass is 32.2. The van der Waals surface area contributed by atoms with Crippen LogP contribution in [0.3, 0.4) is 0 Å². The van der Waals surface area contributed by atoms with Crippen LogP contribution in [-0.4, -0.2) is 41.6 Å². The molecule has 0 aromatic heterocycles. The van der Waals surface area contributed by atoms with Crippen molar-refractivity contribution in [3.63, 3.8) is 0 Å². The largest absolute Gasteiger partial charge is 0.266 e. The third-order valence-corrected chi connectivity index (χ3v) is 7.68. The summed E-state index contributed by atoms with van der Waals surface area (Å²) in [6.45, 7) is 0. The van der Waals surface area contributed by atoms with E-state index in [9.17, 15) is 16.8 Å². The third kappa shape index (κ3) is 1.16. The normalized spacial score (nSPS) is 60.7. The van der Waals surface area contributed by atoms with Crippen LogP contribution in [0.1, 0.15) is 0 Å². The predicted molar refractivity (Wildman–Crippen MR) is 67.4 cm³/mol. The number of hydrogen-bond donors (Lipinski definition) is 0. The number of hydrogen-bond acceptors (Lipinski definition) is 6. The van der Waals surface area contributed by atoms with E-state index in [0.717, 1.165) is 12.5 Å². The molecule has 0 aromatic carbocycles. The highest BCUT2D eigenvalue weighted by Crippen LogP contribution is 2.89. The molecule has 4 bridgehead atoms. The lowest BCUT2D eigenvalue weighted by atomic mass is 9.41. The van der Waals surface area contributed by atoms with Gasteiger partial charge in [-0.1, -0.05) is 0 Å². The van der Waals surface area contributed by atoms with Gasteiger partial charge in [0.25, 0.3) is 20.2 Å². The topological polar surface area (TPSA) is 86.7 Å². The summed E-state index contributed by atoms with van der Waals surface area (Å²) in [5.41, 5.74) is 0. The fourth-order valence-electron chi connectivity index (χ4n) is 6.74. The summed E-state index contributed by atoms with van der Waals surface area (Å²) in [6.07, 6.45) is 1.72. The molecule has 0 N–H and O–H groups in total. The van der Waals surface area contributed by atoms with Gasteiger partial charge < -0.3 is 0 Å². The van der Waals surface area contributed by atoms with Crippen LogP contribution in [0.5, 0.6) is 0 Å². The van der Waals surface area contributed by atoms with Crippen molar-refractivity contribution >= 4 is 20.2 Å². The zero-order valence-electron chi connectivity index (χ0n) is 11.0. The second-order valence-corrected chi connectivity index (χ2v) is 10.4. The van der Waals surface area contributed by atoms with E-state index in [-0.39, 0.29) is 24.0 Å². The molecule has 6 nitrogen and oxygen atoms in total. The van der Waals surface area contributed by atoms with Gasteiger partial charge in [-0.05, 0) is 47.3 Å². The Morgan fingerprint density at radius 1 is 0.550 bits per heavy atom. The van der Waals surface area contributed by atoms with Crippen LogP contribution >= 0.6 is 0 Å². The fraction of sp³-hybridized carbons (Fsp3) is 1.00. The van der Waals surface area contributed by atoms with Gasteiger partial charge in [0.1, 0.15) is 0 Å². The molecule has 112 valence electrons. The monoisotopic (exact) mass is 320 g/mol. The van der Waals surface area contributed by atoms with Gasteiger partial charge in [-0.25, -0.2) is 0 Å². The zero-order chi connectivity index (χ0) is 14.2. The van der Waals surface area contributed by atoms with Gasteiger partial charge in [-0.2, -0.15) is 16.8 Å². The molecular formula is C12H16O6S2. The first-order valence-electron chi connectivity index (χ1n) is 6.95. The van der Waals surface area contributed by atoms with Crippen molar-refractivity contribution < 1.29 is 25.2 Å². The molecule has 6 rings (SSSR count). The summed E-state index contributed by atoms with van der Waals surface area (Å²) in [5.74, 6) is 2.99. The first kappa shape index (κ1) is 12.4. The quantitative estimate of drug-likeness (QED) is 0.660. The summed E-state index contributed by atoms with van der Waals surface area (Å²) in [4.78, 5) is 0. The molecule has 20 heavy (non-hydrogen) atoms. The average molecular weight is 320 g/mol. The molecule has 0 radical (unpaired) electrons. The molecule has 8 heteroatoms. The Balaban J connectivity index is 1.50. The maximum absolute atomic E-state index is 11.4. The predicted octanol–water partition coefficient (Wildman–Crippen LogP) is -0.326. The first-order valence-corrected chi connectivity index (χ1v) is 10.6. The van der Waals surface area contributed by atoms with Gasteiger partial charge in [0.15, 0.2) is 0 Å². The zero-order valence-corrected chi connectivity index (χ0v) is 12.7. The molecule has 6 aliphatic carbocycles. The van der Waals surface area contributed by atoms with E-state index in [4.69, 9.17) is 8.37 Å². The molecule has 0 spiro atoms. The van der Waals surface area contributed by atoms with Gasteiger partial charge >= 0.3 is 0 Å². The maximum Gasteiger partial charge on any atom is 0.264 e. The van der Waals surface area contributed by atoms with Gasteiger partial charge in [0.2, 0.25) is 0 Å². The standard InChI is InChI=1S/C12H16O6S2/c1-19(13,14)17-11-7-3-4-5(7)10-9(11)6(3)8(4)12(10)18-20(2,15)16/h3-12H,1-2H3/t3-,4-,5+,6+,7-,8+,9+,10-,11-,12+/m1/s1. The summed E-state index contributed by atoms with van der Waals surface area (Å²) >= 11 is 0. The van der Waals surface area contributed by atoms with E-state index in [1.165, 1.54) is 0 Å². The second-order valence-electron chi connectivity index (χ2n) is 7.15. The van der Waals surface area contributed by atoms with Crippen LogP contribution in [0.25, 0.3) is 0 Å². The van der Waals surface area contributed by atoms with Crippen LogP contribution in [0, 0.1) is 47.3 Å². The Labute approximate surface area is 118 Å². The lowest BCUT2D eigenvalue weighted by molar-refractivity contribution is -0.174. The van der Waals surface area contributed by atoms with Crippen molar-refractivity contribution in [2.45, 2.75) is 12.2 Å². The molecule has 6 saturated carbocycles.